The maximum Gasteiger partial charge on any atom is 0.228 e. The smallest absolute Gasteiger partial charge is 0.228 e. The zero-order valence-electron chi connectivity index (χ0n) is 18.4. The quantitative estimate of drug-likeness (QED) is 0.407. The molecule has 4 heterocycles. The highest BCUT2D eigenvalue weighted by Gasteiger charge is 2.25. The first kappa shape index (κ1) is 20.4. The molecule has 1 aromatic carbocycles. The van der Waals surface area contributed by atoms with Gasteiger partial charge in [0.2, 0.25) is 11.9 Å². The molecule has 0 unspecified atom stereocenters. The molecular weight excluding hydrogens is 404 g/mol. The van der Waals surface area contributed by atoms with Gasteiger partial charge in [-0.1, -0.05) is 12.1 Å². The number of aromatic amines is 1. The Balaban J connectivity index is 1.33. The van der Waals surface area contributed by atoms with Crippen LogP contribution in [0.15, 0.2) is 36.7 Å². The molecule has 4 N–H and O–H groups in total. The summed E-state index contributed by atoms with van der Waals surface area (Å²) in [5.74, 6) is 1.08. The van der Waals surface area contributed by atoms with Gasteiger partial charge in [0.1, 0.15) is 0 Å². The van der Waals surface area contributed by atoms with Crippen LogP contribution in [0, 0.1) is 0 Å². The highest BCUT2D eigenvalue weighted by Crippen LogP contribution is 2.25. The molecule has 1 aliphatic heterocycles. The van der Waals surface area contributed by atoms with Crippen molar-refractivity contribution in [2.75, 3.05) is 30.7 Å². The Bertz CT molecular complexity index is 1220. The fraction of sp³-hybridized carbons (Fsp3) is 0.409. The zero-order valence-corrected chi connectivity index (χ0v) is 18.4. The Hall–Kier alpha value is -3.53. The third-order valence-corrected chi connectivity index (χ3v) is 5.90. The van der Waals surface area contributed by atoms with E-state index >= 15 is 0 Å². The van der Waals surface area contributed by atoms with Crippen LogP contribution in [0.25, 0.3) is 22.3 Å². The van der Waals surface area contributed by atoms with Crippen LogP contribution in [0.3, 0.4) is 0 Å². The maximum absolute atomic E-state index is 6.00. The van der Waals surface area contributed by atoms with Crippen molar-refractivity contribution in [3.63, 3.8) is 0 Å². The number of nitrogens with one attached hydrogen (secondary N) is 2. The van der Waals surface area contributed by atoms with Gasteiger partial charge in [-0.15, -0.1) is 0 Å². The number of aromatic nitrogens is 7. The lowest BCUT2D eigenvalue weighted by Gasteiger charge is -2.24. The van der Waals surface area contributed by atoms with E-state index in [4.69, 9.17) is 10.8 Å². The van der Waals surface area contributed by atoms with Gasteiger partial charge >= 0.3 is 0 Å². The van der Waals surface area contributed by atoms with Gasteiger partial charge in [0.05, 0.1) is 29.5 Å². The minimum absolute atomic E-state index is 0.161. The molecule has 10 heteroatoms. The fourth-order valence-corrected chi connectivity index (χ4v) is 4.07. The molecular formula is C22H28N10. The van der Waals surface area contributed by atoms with E-state index in [1.807, 2.05) is 35.1 Å². The number of nitrogen functional groups attached to an aromatic ring is 1. The van der Waals surface area contributed by atoms with Gasteiger partial charge in [0.15, 0.2) is 5.82 Å². The summed E-state index contributed by atoms with van der Waals surface area (Å²) in [5, 5.41) is 16.2. The van der Waals surface area contributed by atoms with Gasteiger partial charge in [-0.25, -0.2) is 0 Å². The average molecular weight is 433 g/mol. The summed E-state index contributed by atoms with van der Waals surface area (Å²) in [7, 11) is 0. The summed E-state index contributed by atoms with van der Waals surface area (Å²) in [4.78, 5) is 15.7. The number of H-pyrrole nitrogens is 1. The number of likely N-dealkylation sites (tertiary alicyclic amines) is 1. The number of hydrogen-bond donors (Lipinski definition) is 3. The van der Waals surface area contributed by atoms with Crippen molar-refractivity contribution in [3.8, 4) is 11.4 Å². The van der Waals surface area contributed by atoms with Crippen LogP contribution in [0.2, 0.25) is 0 Å². The molecule has 1 saturated heterocycles. The topological polar surface area (TPSA) is 126 Å². The minimum Gasteiger partial charge on any atom is -0.368 e. The van der Waals surface area contributed by atoms with Crippen molar-refractivity contribution < 1.29 is 0 Å². The van der Waals surface area contributed by atoms with E-state index in [1.54, 1.807) is 6.20 Å². The number of benzene rings is 1. The highest BCUT2D eigenvalue weighted by molar-refractivity contribution is 5.82. The SMILES string of the molecule is CC(C)(Nc1nc(N)nc(-c2ccc3cn[nH]c3c2)n1)c1ccn(CCN2CCCC2)n1. The van der Waals surface area contributed by atoms with E-state index in [1.165, 1.54) is 25.9 Å². The van der Waals surface area contributed by atoms with Crippen LogP contribution < -0.4 is 11.1 Å². The first-order valence-electron chi connectivity index (χ1n) is 11.0. The van der Waals surface area contributed by atoms with Crippen LogP contribution in [-0.2, 0) is 12.1 Å². The third-order valence-electron chi connectivity index (χ3n) is 5.90. The van der Waals surface area contributed by atoms with Gasteiger partial charge in [-0.3, -0.25) is 9.78 Å². The Morgan fingerprint density at radius 3 is 2.78 bits per heavy atom. The van der Waals surface area contributed by atoms with Crippen LogP contribution in [0.4, 0.5) is 11.9 Å². The Labute approximate surface area is 186 Å². The van der Waals surface area contributed by atoms with E-state index < -0.39 is 5.54 Å². The number of rotatable bonds is 7. The molecule has 1 fully saturated rings. The van der Waals surface area contributed by atoms with Gasteiger partial charge in [0.25, 0.3) is 0 Å². The molecule has 5 rings (SSSR count). The van der Waals surface area contributed by atoms with E-state index in [2.05, 4.69) is 49.2 Å². The number of fused-ring (bicyclic) bond motifs is 1. The van der Waals surface area contributed by atoms with Crippen molar-refractivity contribution in [1.29, 1.82) is 0 Å². The molecule has 0 saturated carbocycles. The lowest BCUT2D eigenvalue weighted by Crippen LogP contribution is -2.30. The van der Waals surface area contributed by atoms with Crippen LogP contribution in [0.5, 0.6) is 0 Å². The fourth-order valence-electron chi connectivity index (χ4n) is 4.07. The predicted molar refractivity (Wildman–Crippen MR) is 124 cm³/mol. The molecule has 4 aromatic rings. The zero-order chi connectivity index (χ0) is 22.1. The summed E-state index contributed by atoms with van der Waals surface area (Å²) in [6.45, 7) is 8.40. The molecule has 0 spiro atoms. The van der Waals surface area contributed by atoms with Gasteiger partial charge < -0.3 is 16.0 Å². The van der Waals surface area contributed by atoms with Crippen molar-refractivity contribution in [1.82, 2.24) is 39.8 Å². The second-order valence-corrected chi connectivity index (χ2v) is 8.78. The van der Waals surface area contributed by atoms with Crippen LogP contribution >= 0.6 is 0 Å². The Morgan fingerprint density at radius 2 is 1.94 bits per heavy atom. The molecule has 166 valence electrons. The van der Waals surface area contributed by atoms with Crippen molar-refractivity contribution in [2.45, 2.75) is 38.8 Å². The number of nitrogens with two attached hydrogens (primary N) is 1. The van der Waals surface area contributed by atoms with Gasteiger partial charge in [0, 0.05) is 23.7 Å². The molecule has 0 atom stereocenters. The number of hydrogen-bond acceptors (Lipinski definition) is 8. The van der Waals surface area contributed by atoms with E-state index in [0.717, 1.165) is 35.2 Å². The maximum atomic E-state index is 6.00. The Kier molecular flexibility index (Phi) is 5.22. The second kappa shape index (κ2) is 8.19. The minimum atomic E-state index is -0.489. The summed E-state index contributed by atoms with van der Waals surface area (Å²) in [6, 6.07) is 7.91. The van der Waals surface area contributed by atoms with Gasteiger partial charge in [-0.05, 0) is 51.9 Å². The van der Waals surface area contributed by atoms with Crippen molar-refractivity contribution in [2.24, 2.45) is 0 Å². The normalized spacial score (nSPS) is 14.9. The molecule has 0 aliphatic carbocycles. The monoisotopic (exact) mass is 432 g/mol. The summed E-state index contributed by atoms with van der Waals surface area (Å²) < 4.78 is 2.00. The van der Waals surface area contributed by atoms with Crippen molar-refractivity contribution in [3.05, 3.63) is 42.4 Å². The molecule has 1 aliphatic rings. The summed E-state index contributed by atoms with van der Waals surface area (Å²) in [6.07, 6.45) is 6.41. The lowest BCUT2D eigenvalue weighted by atomic mass is 10.0. The van der Waals surface area contributed by atoms with Gasteiger partial charge in [-0.2, -0.15) is 25.1 Å². The average Bonchev–Trinajstić information content (AvgIpc) is 3.52. The lowest BCUT2D eigenvalue weighted by molar-refractivity contribution is 0.314. The van der Waals surface area contributed by atoms with E-state index in [-0.39, 0.29) is 5.95 Å². The second-order valence-electron chi connectivity index (χ2n) is 8.78. The third kappa shape index (κ3) is 4.26. The first-order valence-corrected chi connectivity index (χ1v) is 11.0. The van der Waals surface area contributed by atoms with E-state index in [0.29, 0.717) is 11.8 Å². The Morgan fingerprint density at radius 1 is 1.09 bits per heavy atom. The summed E-state index contributed by atoms with van der Waals surface area (Å²) in [5.41, 5.74) is 8.18. The number of nitrogens with zero attached hydrogens (tertiary/aromatic N) is 7. The molecule has 0 radical (unpaired) electrons. The predicted octanol–water partition coefficient (Wildman–Crippen LogP) is 2.64. The number of anilines is 2. The van der Waals surface area contributed by atoms with E-state index in [9.17, 15) is 0 Å². The molecule has 10 nitrogen and oxygen atoms in total. The van der Waals surface area contributed by atoms with Crippen LogP contribution in [-0.4, -0.2) is 59.5 Å². The highest BCUT2D eigenvalue weighted by atomic mass is 15.3. The molecule has 0 bridgehead atoms. The molecule has 32 heavy (non-hydrogen) atoms. The first-order chi connectivity index (χ1) is 15.5. The molecule has 3 aromatic heterocycles. The summed E-state index contributed by atoms with van der Waals surface area (Å²) >= 11 is 0. The van der Waals surface area contributed by atoms with Crippen LogP contribution in [0.1, 0.15) is 32.4 Å². The standard InChI is InChI=1S/C22H28N10/c1-22(2,18-7-10-32(30-18)12-11-31-8-3-4-9-31)28-21-26-19(25-20(23)27-21)15-5-6-16-14-24-29-17(16)13-15/h5-7,10,13-14H,3-4,8-9,11-12H2,1-2H3,(H,24,29)(H3,23,25,26,27,28). The van der Waals surface area contributed by atoms with Crippen molar-refractivity contribution >= 4 is 22.8 Å². The molecule has 0 amide bonds. The largest absolute Gasteiger partial charge is 0.368 e.